The third-order valence-corrected chi connectivity index (χ3v) is 3.68. The van der Waals surface area contributed by atoms with Gasteiger partial charge >= 0.3 is 0 Å². The molecule has 1 aromatic heterocycles. The third-order valence-electron chi connectivity index (χ3n) is 2.45. The second kappa shape index (κ2) is 6.38. The molecule has 0 fully saturated rings. The van der Waals surface area contributed by atoms with Crippen LogP contribution in [-0.2, 0) is 5.75 Å². The van der Waals surface area contributed by atoms with Gasteiger partial charge in [0, 0.05) is 9.92 Å². The van der Waals surface area contributed by atoms with E-state index in [9.17, 15) is 5.11 Å². The van der Waals surface area contributed by atoms with Gasteiger partial charge in [0.25, 0.3) is 0 Å². The Bertz CT molecular complexity index is 547. The van der Waals surface area contributed by atoms with E-state index in [0.29, 0.717) is 16.6 Å². The van der Waals surface area contributed by atoms with Gasteiger partial charge in [-0.15, -0.1) is 11.8 Å². The smallest absolute Gasteiger partial charge is 0.246 e. The van der Waals surface area contributed by atoms with Crippen molar-refractivity contribution in [3.63, 3.8) is 0 Å². The minimum Gasteiger partial charge on any atom is -0.391 e. The number of aliphatic hydroxyl groups excluding tert-OH is 1. The molecule has 1 heterocycles. The van der Waals surface area contributed by atoms with Crippen molar-refractivity contribution in [3.05, 3.63) is 41.0 Å². The number of rotatable bonds is 5. The molecule has 0 bridgehead atoms. The fourth-order valence-corrected chi connectivity index (χ4v) is 2.43. The Morgan fingerprint density at radius 3 is 3.00 bits per heavy atom. The quantitative estimate of drug-likeness (QED) is 0.825. The highest BCUT2D eigenvalue weighted by Gasteiger charge is 2.19. The zero-order valence-electron chi connectivity index (χ0n) is 10.3. The van der Waals surface area contributed by atoms with E-state index in [-0.39, 0.29) is 5.89 Å². The number of nitrogens with zero attached hydrogens (tertiary/aromatic N) is 2. The fraction of sp³-hybridized carbons (Fsp3) is 0.333. The van der Waals surface area contributed by atoms with E-state index in [1.165, 1.54) is 0 Å². The maximum absolute atomic E-state index is 9.35. The second-order valence-corrected chi connectivity index (χ2v) is 5.55. The number of benzene rings is 1. The molecule has 1 aromatic carbocycles. The van der Waals surface area contributed by atoms with Crippen LogP contribution >= 0.6 is 23.4 Å². The molecule has 0 saturated heterocycles. The van der Waals surface area contributed by atoms with E-state index in [4.69, 9.17) is 21.9 Å². The van der Waals surface area contributed by atoms with Crippen molar-refractivity contribution in [3.8, 4) is 0 Å². The predicted octanol–water partition coefficient (Wildman–Crippen LogP) is 2.40. The van der Waals surface area contributed by atoms with Gasteiger partial charge in [-0.2, -0.15) is 4.98 Å². The van der Waals surface area contributed by atoms with Gasteiger partial charge in [-0.25, -0.2) is 0 Å². The van der Waals surface area contributed by atoms with E-state index in [1.807, 2.05) is 24.3 Å². The van der Waals surface area contributed by atoms with Crippen molar-refractivity contribution < 1.29 is 9.63 Å². The van der Waals surface area contributed by atoms with Crippen LogP contribution in [0.25, 0.3) is 0 Å². The van der Waals surface area contributed by atoms with Gasteiger partial charge in [0.2, 0.25) is 5.89 Å². The first-order valence-corrected chi connectivity index (χ1v) is 7.07. The van der Waals surface area contributed by atoms with Crippen LogP contribution in [0.4, 0.5) is 0 Å². The monoisotopic (exact) mass is 299 g/mol. The molecular weight excluding hydrogens is 286 g/mol. The molecule has 7 heteroatoms. The van der Waals surface area contributed by atoms with Crippen LogP contribution in [0, 0.1) is 0 Å². The molecule has 2 aromatic rings. The first-order chi connectivity index (χ1) is 9.06. The van der Waals surface area contributed by atoms with Gasteiger partial charge in [0.1, 0.15) is 6.04 Å². The predicted molar refractivity (Wildman–Crippen MR) is 73.9 cm³/mol. The van der Waals surface area contributed by atoms with E-state index >= 15 is 0 Å². The number of nitrogens with two attached hydrogens (primary N) is 1. The van der Waals surface area contributed by atoms with Crippen molar-refractivity contribution >= 4 is 23.4 Å². The van der Waals surface area contributed by atoms with Crippen LogP contribution in [-0.4, -0.2) is 21.4 Å². The third kappa shape index (κ3) is 3.94. The van der Waals surface area contributed by atoms with E-state index in [0.717, 1.165) is 4.90 Å². The van der Waals surface area contributed by atoms with Crippen molar-refractivity contribution in [2.24, 2.45) is 5.73 Å². The van der Waals surface area contributed by atoms with Crippen LogP contribution < -0.4 is 5.73 Å². The lowest BCUT2D eigenvalue weighted by molar-refractivity contribution is 0.146. The summed E-state index contributed by atoms with van der Waals surface area (Å²) in [5.41, 5.74) is 5.71. The minimum absolute atomic E-state index is 0.247. The molecule has 0 spiro atoms. The topological polar surface area (TPSA) is 85.2 Å². The molecule has 0 radical (unpaired) electrons. The number of thioether (sulfide) groups is 1. The number of hydrogen-bond donors (Lipinski definition) is 2. The summed E-state index contributed by atoms with van der Waals surface area (Å²) in [7, 11) is 0. The van der Waals surface area contributed by atoms with E-state index in [2.05, 4.69) is 10.1 Å². The average molecular weight is 300 g/mol. The van der Waals surface area contributed by atoms with Crippen molar-refractivity contribution in [1.82, 2.24) is 10.1 Å². The lowest BCUT2D eigenvalue weighted by Gasteiger charge is -2.08. The molecule has 5 nitrogen and oxygen atoms in total. The van der Waals surface area contributed by atoms with Crippen LogP contribution in [0.3, 0.4) is 0 Å². The molecule has 3 N–H and O–H groups in total. The van der Waals surface area contributed by atoms with Gasteiger partial charge in [-0.05, 0) is 25.1 Å². The van der Waals surface area contributed by atoms with E-state index in [1.54, 1.807) is 18.7 Å². The lowest BCUT2D eigenvalue weighted by Crippen LogP contribution is -2.23. The summed E-state index contributed by atoms with van der Waals surface area (Å²) >= 11 is 7.45. The van der Waals surface area contributed by atoms with Gasteiger partial charge in [0.15, 0.2) is 5.82 Å². The molecule has 2 rings (SSSR count). The standard InChI is InChI=1S/C12H14ClN3O2S/c1-7(17)11(14)12-15-10(16-18-12)6-19-9-4-2-3-8(13)5-9/h2-5,7,11,17H,6,14H2,1H3. The number of aliphatic hydroxyl groups is 1. The Hall–Kier alpha value is -1.08. The average Bonchev–Trinajstić information content (AvgIpc) is 2.84. The number of aromatic nitrogens is 2. The minimum atomic E-state index is -0.728. The van der Waals surface area contributed by atoms with Crippen LogP contribution in [0.1, 0.15) is 24.7 Å². The van der Waals surface area contributed by atoms with Crippen LogP contribution in [0.5, 0.6) is 0 Å². The highest BCUT2D eigenvalue weighted by atomic mass is 35.5. The molecule has 102 valence electrons. The largest absolute Gasteiger partial charge is 0.391 e. The molecule has 2 atom stereocenters. The summed E-state index contributed by atoms with van der Waals surface area (Å²) < 4.78 is 5.01. The zero-order valence-corrected chi connectivity index (χ0v) is 11.9. The van der Waals surface area contributed by atoms with Crippen LogP contribution in [0.15, 0.2) is 33.7 Å². The summed E-state index contributed by atoms with van der Waals surface area (Å²) in [6.07, 6.45) is -0.728. The van der Waals surface area contributed by atoms with Gasteiger partial charge in [-0.3, -0.25) is 0 Å². The highest BCUT2D eigenvalue weighted by molar-refractivity contribution is 7.98. The molecule has 0 amide bonds. The SMILES string of the molecule is CC(O)C(N)c1nc(CSc2cccc(Cl)c2)no1. The molecule has 0 aliphatic carbocycles. The fourth-order valence-electron chi connectivity index (χ4n) is 1.37. The summed E-state index contributed by atoms with van der Waals surface area (Å²) in [6.45, 7) is 1.58. The normalized spacial score (nSPS) is 14.3. The van der Waals surface area contributed by atoms with Crippen molar-refractivity contribution in [1.29, 1.82) is 0 Å². The van der Waals surface area contributed by atoms with Crippen molar-refractivity contribution in [2.75, 3.05) is 0 Å². The van der Waals surface area contributed by atoms with Crippen molar-refractivity contribution in [2.45, 2.75) is 29.7 Å². The zero-order chi connectivity index (χ0) is 13.8. The highest BCUT2D eigenvalue weighted by Crippen LogP contribution is 2.24. The Morgan fingerprint density at radius 2 is 2.32 bits per heavy atom. The Kier molecular flexibility index (Phi) is 4.81. The summed E-state index contributed by atoms with van der Waals surface area (Å²) in [5, 5.41) is 13.9. The van der Waals surface area contributed by atoms with Gasteiger partial charge < -0.3 is 15.4 Å². The van der Waals surface area contributed by atoms with Crippen LogP contribution in [0.2, 0.25) is 5.02 Å². The first-order valence-electron chi connectivity index (χ1n) is 5.71. The summed E-state index contributed by atoms with van der Waals surface area (Å²) in [5.74, 6) is 1.34. The number of halogens is 1. The molecule has 0 aliphatic rings. The maximum Gasteiger partial charge on any atom is 0.246 e. The number of hydrogen-bond acceptors (Lipinski definition) is 6. The maximum atomic E-state index is 9.35. The van der Waals surface area contributed by atoms with E-state index < -0.39 is 12.1 Å². The lowest BCUT2D eigenvalue weighted by atomic mass is 10.2. The molecule has 0 aliphatic heterocycles. The Labute approximate surface area is 120 Å². The molecule has 19 heavy (non-hydrogen) atoms. The molecule has 2 unspecified atom stereocenters. The molecular formula is C12H14ClN3O2S. The summed E-state index contributed by atoms with van der Waals surface area (Å²) in [4.78, 5) is 5.18. The first kappa shape index (κ1) is 14.3. The Morgan fingerprint density at radius 1 is 1.53 bits per heavy atom. The van der Waals surface area contributed by atoms with Gasteiger partial charge in [-0.1, -0.05) is 22.8 Å². The Balaban J connectivity index is 1.97. The van der Waals surface area contributed by atoms with Gasteiger partial charge in [0.05, 0.1) is 11.9 Å². The molecule has 0 saturated carbocycles. The summed E-state index contributed by atoms with van der Waals surface area (Å²) in [6, 6.07) is 6.88. The second-order valence-electron chi connectivity index (χ2n) is 4.06.